The summed E-state index contributed by atoms with van der Waals surface area (Å²) in [5, 5.41) is 5.42. The molecular weight excluding hydrogens is 342 g/mol. The summed E-state index contributed by atoms with van der Waals surface area (Å²) in [5.41, 5.74) is 1.10. The van der Waals surface area contributed by atoms with Gasteiger partial charge in [-0.05, 0) is 37.5 Å². The molecule has 0 aliphatic carbocycles. The molecule has 2 rings (SSSR count). The zero-order chi connectivity index (χ0) is 18.4. The lowest BCUT2D eigenvalue weighted by Gasteiger charge is -2.33. The fourth-order valence-corrected chi connectivity index (χ4v) is 4.73. The third-order valence-corrected chi connectivity index (χ3v) is 6.10. The van der Waals surface area contributed by atoms with Gasteiger partial charge in [-0.15, -0.1) is 0 Å². The molecule has 2 amide bonds. The molecule has 25 heavy (non-hydrogen) atoms. The van der Waals surface area contributed by atoms with Crippen LogP contribution >= 0.6 is 0 Å². The van der Waals surface area contributed by atoms with Gasteiger partial charge in [-0.3, -0.25) is 9.59 Å². The fraction of sp³-hybridized carbons (Fsp3) is 0.529. The average Bonchev–Trinajstić information content (AvgIpc) is 2.54. The maximum absolute atomic E-state index is 12.7. The van der Waals surface area contributed by atoms with Crippen molar-refractivity contribution in [3.8, 4) is 0 Å². The van der Waals surface area contributed by atoms with Gasteiger partial charge in [-0.1, -0.05) is 19.4 Å². The van der Waals surface area contributed by atoms with Crippen LogP contribution < -0.4 is 10.6 Å². The minimum absolute atomic E-state index is 0.0504. The third kappa shape index (κ3) is 5.27. The van der Waals surface area contributed by atoms with Gasteiger partial charge in [-0.2, -0.15) is 4.31 Å². The Kier molecular flexibility index (Phi) is 6.55. The molecule has 0 saturated carbocycles. The summed E-state index contributed by atoms with van der Waals surface area (Å²) in [6, 6.07) is 6.10. The number of hydrogen-bond acceptors (Lipinski definition) is 4. The van der Waals surface area contributed by atoms with Crippen molar-refractivity contribution in [3.63, 3.8) is 0 Å². The highest BCUT2D eigenvalue weighted by Gasteiger charge is 2.36. The largest absolute Gasteiger partial charge is 0.326 e. The molecule has 2 N–H and O–H groups in total. The van der Waals surface area contributed by atoms with E-state index in [1.54, 1.807) is 24.3 Å². The van der Waals surface area contributed by atoms with Crippen LogP contribution in [-0.4, -0.2) is 42.9 Å². The van der Waals surface area contributed by atoms with Crippen LogP contribution in [-0.2, 0) is 19.6 Å². The van der Waals surface area contributed by atoms with Crippen LogP contribution in [0.5, 0.6) is 0 Å². The van der Waals surface area contributed by atoms with E-state index in [4.69, 9.17) is 0 Å². The Balaban J connectivity index is 2.14. The number of hydrogen-bond donors (Lipinski definition) is 2. The highest BCUT2D eigenvalue weighted by molar-refractivity contribution is 7.89. The summed E-state index contributed by atoms with van der Waals surface area (Å²) in [5.74, 6) is -0.485. The van der Waals surface area contributed by atoms with Gasteiger partial charge in [0, 0.05) is 24.8 Å². The van der Waals surface area contributed by atoms with E-state index in [0.717, 1.165) is 12.8 Å². The van der Waals surface area contributed by atoms with Gasteiger partial charge in [0.15, 0.2) is 0 Å². The van der Waals surface area contributed by atoms with Gasteiger partial charge in [0.25, 0.3) is 0 Å². The summed E-state index contributed by atoms with van der Waals surface area (Å²) in [6.45, 7) is 3.60. The van der Waals surface area contributed by atoms with E-state index in [1.165, 1.54) is 11.2 Å². The summed E-state index contributed by atoms with van der Waals surface area (Å²) in [7, 11) is -3.43. The van der Waals surface area contributed by atoms with E-state index in [1.807, 2.05) is 6.92 Å². The smallest absolute Gasteiger partial charge is 0.242 e. The van der Waals surface area contributed by atoms with Crippen molar-refractivity contribution < 1.29 is 18.0 Å². The number of carbonyl (C=O) groups excluding carboxylic acids is 2. The monoisotopic (exact) mass is 367 g/mol. The Morgan fingerprint density at radius 2 is 1.88 bits per heavy atom. The van der Waals surface area contributed by atoms with E-state index in [2.05, 4.69) is 10.6 Å². The lowest BCUT2D eigenvalue weighted by atomic mass is 10.0. The van der Waals surface area contributed by atoms with Crippen molar-refractivity contribution in [2.75, 3.05) is 22.9 Å². The molecule has 1 aliphatic heterocycles. The zero-order valence-electron chi connectivity index (χ0n) is 14.6. The number of anilines is 2. The zero-order valence-corrected chi connectivity index (χ0v) is 15.4. The first-order valence-electron chi connectivity index (χ1n) is 8.51. The molecule has 0 radical (unpaired) electrons. The topological polar surface area (TPSA) is 95.6 Å². The molecule has 8 heteroatoms. The van der Waals surface area contributed by atoms with Crippen molar-refractivity contribution in [1.29, 1.82) is 0 Å². The quantitative estimate of drug-likeness (QED) is 0.805. The predicted octanol–water partition coefficient (Wildman–Crippen LogP) is 2.18. The minimum atomic E-state index is -3.43. The number of carbonyl (C=O) groups is 2. The van der Waals surface area contributed by atoms with Gasteiger partial charge in [-0.25, -0.2) is 8.42 Å². The first kappa shape index (κ1) is 19.4. The van der Waals surface area contributed by atoms with Crippen molar-refractivity contribution in [2.24, 2.45) is 0 Å². The molecule has 1 aliphatic rings. The van der Waals surface area contributed by atoms with Gasteiger partial charge in [0.2, 0.25) is 21.8 Å². The molecule has 1 unspecified atom stereocenters. The molecule has 138 valence electrons. The number of amides is 2. The van der Waals surface area contributed by atoms with E-state index < -0.39 is 16.1 Å². The second-order valence-electron chi connectivity index (χ2n) is 6.19. The SMILES string of the molecule is CCCS(=O)(=O)N1CCCCC1C(=O)Nc1cccc(NC(C)=O)c1. The number of piperidine rings is 1. The van der Waals surface area contributed by atoms with Crippen LogP contribution in [0.15, 0.2) is 24.3 Å². The van der Waals surface area contributed by atoms with E-state index in [-0.39, 0.29) is 17.6 Å². The fourth-order valence-electron chi connectivity index (χ4n) is 2.98. The Bertz CT molecular complexity index is 733. The van der Waals surface area contributed by atoms with E-state index in [9.17, 15) is 18.0 Å². The highest BCUT2D eigenvalue weighted by Crippen LogP contribution is 2.23. The van der Waals surface area contributed by atoms with Gasteiger partial charge in [0.05, 0.1) is 5.75 Å². The molecule has 0 bridgehead atoms. The Labute approximate surface area is 148 Å². The summed E-state index contributed by atoms with van der Waals surface area (Å²) in [6.07, 6.45) is 2.62. The summed E-state index contributed by atoms with van der Waals surface area (Å²) >= 11 is 0. The Hall–Kier alpha value is -1.93. The molecular formula is C17H25N3O4S. The summed E-state index contributed by atoms with van der Waals surface area (Å²) in [4.78, 5) is 23.8. The lowest BCUT2D eigenvalue weighted by molar-refractivity contribution is -0.120. The number of benzene rings is 1. The van der Waals surface area contributed by atoms with E-state index >= 15 is 0 Å². The van der Waals surface area contributed by atoms with Gasteiger partial charge in [0.1, 0.15) is 6.04 Å². The van der Waals surface area contributed by atoms with Crippen LogP contribution in [0.3, 0.4) is 0 Å². The molecule has 1 aromatic carbocycles. The van der Waals surface area contributed by atoms with Crippen LogP contribution in [0.4, 0.5) is 11.4 Å². The van der Waals surface area contributed by atoms with Crippen LogP contribution in [0, 0.1) is 0 Å². The molecule has 1 saturated heterocycles. The molecule has 0 spiro atoms. The number of nitrogens with one attached hydrogen (secondary N) is 2. The highest BCUT2D eigenvalue weighted by atomic mass is 32.2. The van der Waals surface area contributed by atoms with Crippen LogP contribution in [0.2, 0.25) is 0 Å². The molecule has 1 fully saturated rings. The van der Waals surface area contributed by atoms with Gasteiger partial charge >= 0.3 is 0 Å². The maximum atomic E-state index is 12.7. The first-order valence-corrected chi connectivity index (χ1v) is 10.1. The second-order valence-corrected chi connectivity index (χ2v) is 8.23. The van der Waals surface area contributed by atoms with Crippen LogP contribution in [0.1, 0.15) is 39.5 Å². The molecule has 1 atom stereocenters. The van der Waals surface area contributed by atoms with Crippen molar-refractivity contribution in [3.05, 3.63) is 24.3 Å². The van der Waals surface area contributed by atoms with Crippen LogP contribution in [0.25, 0.3) is 0 Å². The predicted molar refractivity (Wildman–Crippen MR) is 97.8 cm³/mol. The molecule has 0 aromatic heterocycles. The van der Waals surface area contributed by atoms with Crippen molar-refractivity contribution in [1.82, 2.24) is 4.31 Å². The number of sulfonamides is 1. The molecule has 1 aromatic rings. The Morgan fingerprint density at radius 3 is 2.52 bits per heavy atom. The third-order valence-electron chi connectivity index (χ3n) is 4.03. The second kappa shape index (κ2) is 8.44. The van der Waals surface area contributed by atoms with E-state index in [0.29, 0.717) is 30.8 Å². The standard InChI is InChI=1S/C17H25N3O4S/c1-3-11-25(23,24)20-10-5-4-9-16(20)17(22)19-15-8-6-7-14(12-15)18-13(2)21/h6-8,12,16H,3-5,9-11H2,1-2H3,(H,18,21)(H,19,22). The van der Waals surface area contributed by atoms with Crippen molar-refractivity contribution in [2.45, 2.75) is 45.6 Å². The van der Waals surface area contributed by atoms with Crippen molar-refractivity contribution >= 4 is 33.2 Å². The molecule has 7 nitrogen and oxygen atoms in total. The van der Waals surface area contributed by atoms with Gasteiger partial charge < -0.3 is 10.6 Å². The normalized spacial score (nSPS) is 18.6. The average molecular weight is 367 g/mol. The first-order chi connectivity index (χ1) is 11.8. The number of rotatable bonds is 6. The molecule has 1 heterocycles. The minimum Gasteiger partial charge on any atom is -0.326 e. The maximum Gasteiger partial charge on any atom is 0.242 e. The Morgan fingerprint density at radius 1 is 1.20 bits per heavy atom. The number of nitrogens with zero attached hydrogens (tertiary/aromatic N) is 1. The lowest BCUT2D eigenvalue weighted by Crippen LogP contribution is -2.50. The summed E-state index contributed by atoms with van der Waals surface area (Å²) < 4.78 is 26.2.